The Bertz CT molecular complexity index is 748. The van der Waals surface area contributed by atoms with Gasteiger partial charge in [0.15, 0.2) is 0 Å². The molecule has 1 amide bonds. The summed E-state index contributed by atoms with van der Waals surface area (Å²) in [5, 5.41) is 9.88. The molecule has 7 heteroatoms. The Morgan fingerprint density at radius 1 is 1.43 bits per heavy atom. The second kappa shape index (κ2) is 5.76. The van der Waals surface area contributed by atoms with E-state index in [-0.39, 0.29) is 5.91 Å². The van der Waals surface area contributed by atoms with Crippen LogP contribution in [0.3, 0.4) is 0 Å². The third-order valence-corrected chi connectivity index (χ3v) is 3.24. The maximum absolute atomic E-state index is 12.3. The van der Waals surface area contributed by atoms with E-state index in [4.69, 9.17) is 4.74 Å². The number of rotatable bonds is 5. The van der Waals surface area contributed by atoms with Crippen LogP contribution in [-0.4, -0.2) is 39.4 Å². The normalized spacial score (nSPS) is 10.9. The number of amides is 1. The van der Waals surface area contributed by atoms with Crippen LogP contribution < -0.4 is 5.32 Å². The number of aromatic nitrogens is 4. The number of nitrogens with one attached hydrogen (secondary N) is 2. The molecule has 108 valence electrons. The summed E-state index contributed by atoms with van der Waals surface area (Å²) in [6, 6.07) is 7.56. The number of H-pyrrole nitrogens is 1. The predicted molar refractivity (Wildman–Crippen MR) is 78.1 cm³/mol. The van der Waals surface area contributed by atoms with Crippen molar-refractivity contribution in [3.05, 3.63) is 42.4 Å². The summed E-state index contributed by atoms with van der Waals surface area (Å²) in [7, 11) is 1.67. The van der Waals surface area contributed by atoms with Gasteiger partial charge < -0.3 is 9.30 Å². The Balaban J connectivity index is 1.92. The van der Waals surface area contributed by atoms with Gasteiger partial charge in [-0.2, -0.15) is 10.1 Å². The van der Waals surface area contributed by atoms with E-state index in [1.807, 2.05) is 24.4 Å². The molecular weight excluding hydrogens is 270 g/mol. The van der Waals surface area contributed by atoms with Gasteiger partial charge in [0.25, 0.3) is 5.91 Å². The Morgan fingerprint density at radius 3 is 3.10 bits per heavy atom. The lowest BCUT2D eigenvalue weighted by atomic mass is 10.1. The van der Waals surface area contributed by atoms with E-state index in [1.54, 1.807) is 13.2 Å². The van der Waals surface area contributed by atoms with Gasteiger partial charge in [-0.05, 0) is 18.2 Å². The number of ether oxygens (including phenoxy) is 1. The molecule has 3 aromatic rings. The Labute approximate surface area is 120 Å². The number of hydrogen-bond acceptors (Lipinski definition) is 4. The summed E-state index contributed by atoms with van der Waals surface area (Å²) < 4.78 is 7.15. The first-order valence-electron chi connectivity index (χ1n) is 6.53. The molecule has 0 aliphatic carbocycles. The maximum Gasteiger partial charge on any atom is 0.258 e. The SMILES string of the molecule is COCCn1ccc2c(C(=O)Nc3ncn[nH]3)cccc21. The fourth-order valence-electron chi connectivity index (χ4n) is 2.25. The maximum atomic E-state index is 12.3. The lowest BCUT2D eigenvalue weighted by Gasteiger charge is -2.06. The predicted octanol–water partition coefficient (Wildman–Crippen LogP) is 1.66. The van der Waals surface area contributed by atoms with Crippen molar-refractivity contribution in [2.45, 2.75) is 6.54 Å². The molecule has 0 atom stereocenters. The Hall–Kier alpha value is -2.67. The summed E-state index contributed by atoms with van der Waals surface area (Å²) in [5.74, 6) is 0.109. The highest BCUT2D eigenvalue weighted by Gasteiger charge is 2.13. The van der Waals surface area contributed by atoms with E-state index in [0.29, 0.717) is 18.1 Å². The van der Waals surface area contributed by atoms with E-state index in [2.05, 4.69) is 25.1 Å². The van der Waals surface area contributed by atoms with Crippen LogP contribution in [0.25, 0.3) is 10.9 Å². The molecule has 1 aromatic carbocycles. The van der Waals surface area contributed by atoms with Gasteiger partial charge in [0.1, 0.15) is 6.33 Å². The molecule has 3 rings (SSSR count). The molecule has 0 fully saturated rings. The molecule has 0 saturated carbocycles. The second-order valence-corrected chi connectivity index (χ2v) is 4.53. The lowest BCUT2D eigenvalue weighted by molar-refractivity contribution is 0.102. The highest BCUT2D eigenvalue weighted by Crippen LogP contribution is 2.21. The zero-order valence-electron chi connectivity index (χ0n) is 11.5. The molecule has 2 aromatic heterocycles. The number of carbonyl (C=O) groups excluding carboxylic acids is 1. The third kappa shape index (κ3) is 2.63. The average molecular weight is 285 g/mol. The van der Waals surface area contributed by atoms with Crippen molar-refractivity contribution >= 4 is 22.8 Å². The number of aromatic amines is 1. The number of benzene rings is 1. The molecule has 0 aliphatic rings. The number of nitrogens with zero attached hydrogens (tertiary/aromatic N) is 3. The van der Waals surface area contributed by atoms with Crippen molar-refractivity contribution in [3.8, 4) is 0 Å². The number of hydrogen-bond donors (Lipinski definition) is 2. The van der Waals surface area contributed by atoms with Crippen LogP contribution in [-0.2, 0) is 11.3 Å². The van der Waals surface area contributed by atoms with Crippen molar-refractivity contribution in [2.24, 2.45) is 0 Å². The average Bonchev–Trinajstić information content (AvgIpc) is 3.14. The molecule has 0 spiro atoms. The molecule has 0 unspecified atom stereocenters. The van der Waals surface area contributed by atoms with Crippen molar-refractivity contribution < 1.29 is 9.53 Å². The van der Waals surface area contributed by atoms with Gasteiger partial charge in [0, 0.05) is 36.3 Å². The van der Waals surface area contributed by atoms with Gasteiger partial charge >= 0.3 is 0 Å². The minimum Gasteiger partial charge on any atom is -0.383 e. The van der Waals surface area contributed by atoms with Crippen LogP contribution in [0.2, 0.25) is 0 Å². The summed E-state index contributed by atoms with van der Waals surface area (Å²) >= 11 is 0. The Kier molecular flexibility index (Phi) is 3.65. The molecule has 0 radical (unpaired) electrons. The van der Waals surface area contributed by atoms with Crippen LogP contribution in [0.1, 0.15) is 10.4 Å². The van der Waals surface area contributed by atoms with E-state index in [9.17, 15) is 4.79 Å². The minimum atomic E-state index is -0.221. The van der Waals surface area contributed by atoms with E-state index in [1.165, 1.54) is 6.33 Å². The topological polar surface area (TPSA) is 84.8 Å². The molecule has 21 heavy (non-hydrogen) atoms. The summed E-state index contributed by atoms with van der Waals surface area (Å²) in [6.45, 7) is 1.37. The lowest BCUT2D eigenvalue weighted by Crippen LogP contribution is -2.13. The van der Waals surface area contributed by atoms with Gasteiger partial charge in [-0.15, -0.1) is 0 Å². The van der Waals surface area contributed by atoms with Crippen molar-refractivity contribution in [2.75, 3.05) is 19.0 Å². The number of methoxy groups -OCH3 is 1. The van der Waals surface area contributed by atoms with Gasteiger partial charge in [0.05, 0.1) is 6.61 Å². The van der Waals surface area contributed by atoms with Crippen LogP contribution in [0.15, 0.2) is 36.8 Å². The monoisotopic (exact) mass is 285 g/mol. The summed E-state index contributed by atoms with van der Waals surface area (Å²) in [5.41, 5.74) is 1.59. The quantitative estimate of drug-likeness (QED) is 0.746. The highest BCUT2D eigenvalue weighted by molar-refractivity contribution is 6.12. The first-order chi connectivity index (χ1) is 10.3. The first kappa shape index (κ1) is 13.3. The molecule has 2 heterocycles. The van der Waals surface area contributed by atoms with E-state index < -0.39 is 0 Å². The number of carbonyl (C=O) groups is 1. The molecule has 0 saturated heterocycles. The summed E-state index contributed by atoms with van der Waals surface area (Å²) in [4.78, 5) is 16.2. The largest absolute Gasteiger partial charge is 0.383 e. The van der Waals surface area contributed by atoms with Crippen molar-refractivity contribution in [1.29, 1.82) is 0 Å². The van der Waals surface area contributed by atoms with E-state index >= 15 is 0 Å². The van der Waals surface area contributed by atoms with Crippen LogP contribution in [0.4, 0.5) is 5.95 Å². The second-order valence-electron chi connectivity index (χ2n) is 4.53. The molecule has 0 bridgehead atoms. The zero-order valence-corrected chi connectivity index (χ0v) is 11.5. The van der Waals surface area contributed by atoms with Crippen molar-refractivity contribution in [1.82, 2.24) is 19.7 Å². The van der Waals surface area contributed by atoms with Gasteiger partial charge in [0.2, 0.25) is 5.95 Å². The van der Waals surface area contributed by atoms with Gasteiger partial charge in [-0.25, -0.2) is 5.10 Å². The fourth-order valence-corrected chi connectivity index (χ4v) is 2.25. The molecule has 0 aliphatic heterocycles. The Morgan fingerprint density at radius 2 is 2.33 bits per heavy atom. The van der Waals surface area contributed by atoms with Crippen LogP contribution >= 0.6 is 0 Å². The first-order valence-corrected chi connectivity index (χ1v) is 6.53. The molecule has 2 N–H and O–H groups in total. The summed E-state index contributed by atoms with van der Waals surface area (Å²) in [6.07, 6.45) is 3.30. The zero-order chi connectivity index (χ0) is 14.7. The number of anilines is 1. The van der Waals surface area contributed by atoms with Crippen molar-refractivity contribution in [3.63, 3.8) is 0 Å². The van der Waals surface area contributed by atoms with Gasteiger partial charge in [-0.3, -0.25) is 10.1 Å². The van der Waals surface area contributed by atoms with Crippen LogP contribution in [0, 0.1) is 0 Å². The molecule has 7 nitrogen and oxygen atoms in total. The molecular formula is C14H15N5O2. The highest BCUT2D eigenvalue weighted by atomic mass is 16.5. The number of fused-ring (bicyclic) bond motifs is 1. The van der Waals surface area contributed by atoms with E-state index in [0.717, 1.165) is 17.4 Å². The standard InChI is InChI=1S/C14H15N5O2/c1-21-8-7-19-6-5-10-11(3-2-4-12(10)19)13(20)17-14-15-9-16-18-14/h2-6,9H,7-8H2,1H3,(H2,15,16,17,18,20). The third-order valence-electron chi connectivity index (χ3n) is 3.24. The minimum absolute atomic E-state index is 0.221. The van der Waals surface area contributed by atoms with Crippen LogP contribution in [0.5, 0.6) is 0 Å². The van der Waals surface area contributed by atoms with Gasteiger partial charge in [-0.1, -0.05) is 6.07 Å². The smallest absolute Gasteiger partial charge is 0.258 e. The fraction of sp³-hybridized carbons (Fsp3) is 0.214.